The van der Waals surface area contributed by atoms with Gasteiger partial charge in [0.1, 0.15) is 5.82 Å². The molecule has 0 spiro atoms. The van der Waals surface area contributed by atoms with Crippen molar-refractivity contribution in [2.24, 2.45) is 7.05 Å². The van der Waals surface area contributed by atoms with Crippen molar-refractivity contribution in [2.45, 2.75) is 32.1 Å². The van der Waals surface area contributed by atoms with Gasteiger partial charge in [0, 0.05) is 48.1 Å². The summed E-state index contributed by atoms with van der Waals surface area (Å²) < 4.78 is 7.67. The van der Waals surface area contributed by atoms with Crippen LogP contribution in [0.1, 0.15) is 46.1 Å². The number of amides is 1. The first-order chi connectivity index (χ1) is 17.5. The lowest BCUT2D eigenvalue weighted by molar-refractivity contribution is 0.0946. The number of aryl methyl sites for hydroxylation is 2. The molecule has 4 aromatic rings. The summed E-state index contributed by atoms with van der Waals surface area (Å²) in [6.07, 6.45) is 7.05. The Balaban J connectivity index is 1.30. The van der Waals surface area contributed by atoms with Gasteiger partial charge in [-0.2, -0.15) is 0 Å². The molecule has 182 valence electrons. The number of ether oxygens (including phenoxy) is 1. The van der Waals surface area contributed by atoms with Gasteiger partial charge in [-0.3, -0.25) is 4.79 Å². The van der Waals surface area contributed by atoms with Crippen LogP contribution in [0.25, 0.3) is 22.6 Å². The van der Waals surface area contributed by atoms with Crippen molar-refractivity contribution in [3.63, 3.8) is 0 Å². The number of rotatable bonds is 6. The number of imidazole rings is 1. The number of anilines is 2. The maximum atomic E-state index is 12.1. The van der Waals surface area contributed by atoms with Crippen LogP contribution in [0.3, 0.4) is 0 Å². The Morgan fingerprint density at radius 1 is 1.11 bits per heavy atom. The first-order valence-corrected chi connectivity index (χ1v) is 12.2. The first-order valence-electron chi connectivity index (χ1n) is 12.2. The Morgan fingerprint density at radius 2 is 1.94 bits per heavy atom. The summed E-state index contributed by atoms with van der Waals surface area (Å²) >= 11 is 0. The lowest BCUT2D eigenvalue weighted by atomic mass is 10.00. The zero-order chi connectivity index (χ0) is 24.8. The molecule has 2 N–H and O–H groups in total. The average molecular weight is 481 g/mol. The van der Waals surface area contributed by atoms with Crippen LogP contribution in [0.5, 0.6) is 5.75 Å². The molecule has 0 unspecified atom stereocenters. The topological polar surface area (TPSA) is 94.0 Å². The molecular formula is C28H28N6O2. The molecule has 0 radical (unpaired) electrons. The van der Waals surface area contributed by atoms with Crippen LogP contribution in [-0.4, -0.2) is 39.1 Å². The third-order valence-electron chi connectivity index (χ3n) is 6.88. The summed E-state index contributed by atoms with van der Waals surface area (Å²) in [4.78, 5) is 26.3. The number of aromatic nitrogens is 4. The maximum absolute atomic E-state index is 12.1. The second-order valence-electron chi connectivity index (χ2n) is 9.51. The van der Waals surface area contributed by atoms with Gasteiger partial charge in [0.15, 0.2) is 17.4 Å². The van der Waals surface area contributed by atoms with Gasteiger partial charge < -0.3 is 19.9 Å². The molecule has 2 aromatic carbocycles. The lowest BCUT2D eigenvalue weighted by Gasteiger charge is -2.18. The van der Waals surface area contributed by atoms with Crippen LogP contribution >= 0.6 is 0 Å². The second kappa shape index (κ2) is 8.78. The standard InChI is InChI=1S/C28H28N6O2/c1-16-12-19(6-8-21(16)23-15-34(2)27(32-23)17-4-5-17)25-30-14-24(36-3)26(33-25)31-20-7-9-22-18(13-20)10-11-29-28(22)35/h6-9,12-15,17H,4-5,10-11H2,1-3H3,(H,29,35)(H,30,31,33). The first kappa shape index (κ1) is 22.3. The van der Waals surface area contributed by atoms with Gasteiger partial charge in [-0.1, -0.05) is 12.1 Å². The van der Waals surface area contributed by atoms with Crippen LogP contribution in [0, 0.1) is 6.92 Å². The highest BCUT2D eigenvalue weighted by atomic mass is 16.5. The van der Waals surface area contributed by atoms with Gasteiger partial charge >= 0.3 is 0 Å². The Bertz CT molecular complexity index is 1490. The zero-order valence-electron chi connectivity index (χ0n) is 20.6. The fraction of sp³-hybridized carbons (Fsp3) is 0.286. The van der Waals surface area contributed by atoms with E-state index in [-0.39, 0.29) is 5.91 Å². The van der Waals surface area contributed by atoms with E-state index >= 15 is 0 Å². The van der Waals surface area contributed by atoms with Gasteiger partial charge in [0.2, 0.25) is 0 Å². The van der Waals surface area contributed by atoms with Crippen molar-refractivity contribution in [2.75, 3.05) is 19.0 Å². The number of carbonyl (C=O) groups is 1. The van der Waals surface area contributed by atoms with Crippen molar-refractivity contribution in [3.8, 4) is 28.4 Å². The van der Waals surface area contributed by atoms with E-state index in [0.29, 0.717) is 29.9 Å². The molecule has 8 heteroatoms. The molecule has 8 nitrogen and oxygen atoms in total. The van der Waals surface area contributed by atoms with E-state index in [1.165, 1.54) is 18.7 Å². The van der Waals surface area contributed by atoms with E-state index in [1.54, 1.807) is 13.3 Å². The molecule has 1 aliphatic carbocycles. The molecule has 3 heterocycles. The van der Waals surface area contributed by atoms with Gasteiger partial charge in [0.25, 0.3) is 5.91 Å². The molecule has 6 rings (SSSR count). The minimum atomic E-state index is -0.0296. The van der Waals surface area contributed by atoms with Crippen LogP contribution in [0.4, 0.5) is 11.5 Å². The normalized spacial score (nSPS) is 14.8. The zero-order valence-corrected chi connectivity index (χ0v) is 20.6. The van der Waals surface area contributed by atoms with Gasteiger partial charge in [0.05, 0.1) is 19.0 Å². The Kier molecular flexibility index (Phi) is 5.44. The smallest absolute Gasteiger partial charge is 0.251 e. The van der Waals surface area contributed by atoms with Crippen LogP contribution in [-0.2, 0) is 13.5 Å². The third kappa shape index (κ3) is 4.08. The highest BCUT2D eigenvalue weighted by Crippen LogP contribution is 2.40. The molecule has 1 fully saturated rings. The molecule has 0 atom stereocenters. The summed E-state index contributed by atoms with van der Waals surface area (Å²) in [5.41, 5.74) is 6.74. The second-order valence-corrected chi connectivity index (χ2v) is 9.51. The maximum Gasteiger partial charge on any atom is 0.251 e. The monoisotopic (exact) mass is 480 g/mol. The Morgan fingerprint density at radius 3 is 2.72 bits per heavy atom. The molecule has 2 aliphatic rings. The van der Waals surface area contributed by atoms with Crippen molar-refractivity contribution < 1.29 is 9.53 Å². The highest BCUT2D eigenvalue weighted by molar-refractivity contribution is 5.97. The predicted molar refractivity (Wildman–Crippen MR) is 139 cm³/mol. The van der Waals surface area contributed by atoms with Crippen molar-refractivity contribution >= 4 is 17.4 Å². The Labute approximate surface area is 209 Å². The summed E-state index contributed by atoms with van der Waals surface area (Å²) in [6, 6.07) is 12.0. The lowest BCUT2D eigenvalue weighted by Crippen LogP contribution is -2.31. The van der Waals surface area contributed by atoms with E-state index in [9.17, 15) is 4.79 Å². The number of carbonyl (C=O) groups excluding carboxylic acids is 1. The van der Waals surface area contributed by atoms with Crippen LogP contribution < -0.4 is 15.4 Å². The number of nitrogens with one attached hydrogen (secondary N) is 2. The van der Waals surface area contributed by atoms with Crippen molar-refractivity contribution in [3.05, 3.63) is 71.3 Å². The third-order valence-corrected chi connectivity index (χ3v) is 6.88. The molecule has 2 aromatic heterocycles. The van der Waals surface area contributed by atoms with E-state index in [1.807, 2.05) is 24.3 Å². The summed E-state index contributed by atoms with van der Waals surface area (Å²) in [5, 5.41) is 6.23. The number of methoxy groups -OCH3 is 1. The van der Waals surface area contributed by atoms with E-state index in [0.717, 1.165) is 45.6 Å². The van der Waals surface area contributed by atoms with E-state index in [4.69, 9.17) is 14.7 Å². The van der Waals surface area contributed by atoms with Gasteiger partial charge in [-0.15, -0.1) is 0 Å². The number of hydrogen-bond donors (Lipinski definition) is 2. The van der Waals surface area contributed by atoms with Crippen LogP contribution in [0.15, 0.2) is 48.8 Å². The number of nitrogens with zero attached hydrogens (tertiary/aromatic N) is 4. The Hall–Kier alpha value is -4.20. The fourth-order valence-corrected chi connectivity index (χ4v) is 4.81. The summed E-state index contributed by atoms with van der Waals surface area (Å²) in [6.45, 7) is 2.74. The summed E-state index contributed by atoms with van der Waals surface area (Å²) in [7, 11) is 3.67. The quantitative estimate of drug-likeness (QED) is 0.413. The molecule has 1 aliphatic heterocycles. The largest absolute Gasteiger partial charge is 0.491 e. The van der Waals surface area contributed by atoms with Gasteiger partial charge in [-0.05, 0) is 61.6 Å². The van der Waals surface area contributed by atoms with Crippen molar-refractivity contribution in [1.82, 2.24) is 24.8 Å². The summed E-state index contributed by atoms with van der Waals surface area (Å²) in [5.74, 6) is 3.47. The molecule has 1 amide bonds. The molecule has 1 saturated carbocycles. The average Bonchev–Trinajstić information content (AvgIpc) is 3.65. The number of fused-ring (bicyclic) bond motifs is 1. The minimum Gasteiger partial charge on any atom is -0.491 e. The fourth-order valence-electron chi connectivity index (χ4n) is 4.81. The van der Waals surface area contributed by atoms with Crippen molar-refractivity contribution in [1.29, 1.82) is 0 Å². The van der Waals surface area contributed by atoms with Crippen LogP contribution in [0.2, 0.25) is 0 Å². The van der Waals surface area contributed by atoms with E-state index in [2.05, 4.69) is 52.5 Å². The molecule has 0 bridgehead atoms. The minimum absolute atomic E-state index is 0.0296. The van der Waals surface area contributed by atoms with E-state index < -0.39 is 0 Å². The predicted octanol–water partition coefficient (Wildman–Crippen LogP) is 4.77. The number of hydrogen-bond acceptors (Lipinski definition) is 6. The van der Waals surface area contributed by atoms with Gasteiger partial charge in [-0.25, -0.2) is 15.0 Å². The molecule has 36 heavy (non-hydrogen) atoms. The highest BCUT2D eigenvalue weighted by Gasteiger charge is 2.28. The number of benzene rings is 2. The molecule has 0 saturated heterocycles. The SMILES string of the molecule is COc1cnc(-c2ccc(-c3cn(C)c(C4CC4)n3)c(C)c2)nc1Nc1ccc2c(c1)CCNC2=O. The molecular weight excluding hydrogens is 452 g/mol.